The molecule has 3 N–H and O–H groups in total. The van der Waals surface area contributed by atoms with E-state index in [4.69, 9.17) is 32.6 Å². The van der Waals surface area contributed by atoms with Gasteiger partial charge in [0.1, 0.15) is 17.3 Å². The average molecular weight is 618 g/mol. The minimum absolute atomic E-state index is 0.0602. The van der Waals surface area contributed by atoms with Crippen LogP contribution in [0.3, 0.4) is 0 Å². The smallest absolute Gasteiger partial charge is 0.404 e. The fourth-order valence-corrected chi connectivity index (χ4v) is 6.39. The number of hydrogen-bond donors (Lipinski definition) is 3. The van der Waals surface area contributed by atoms with Crippen LogP contribution in [0, 0.1) is 6.92 Å². The fraction of sp³-hybridized carbons (Fsp3) is 0.433. The number of halogens is 2. The third-order valence-electron chi connectivity index (χ3n) is 8.16. The molecule has 1 saturated carbocycles. The van der Waals surface area contributed by atoms with Crippen LogP contribution in [0.25, 0.3) is 17.1 Å². The van der Waals surface area contributed by atoms with Crippen LogP contribution in [0.1, 0.15) is 62.6 Å². The lowest BCUT2D eigenvalue weighted by Gasteiger charge is -2.36. The third-order valence-corrected chi connectivity index (χ3v) is 13.1. The van der Waals surface area contributed by atoms with E-state index in [2.05, 4.69) is 44.5 Å². The molecule has 41 heavy (non-hydrogen) atoms. The highest BCUT2D eigenvalue weighted by atomic mass is 35.5. The van der Waals surface area contributed by atoms with E-state index in [0.717, 1.165) is 24.3 Å². The van der Waals surface area contributed by atoms with Crippen LogP contribution in [0.15, 0.2) is 42.5 Å². The zero-order chi connectivity index (χ0) is 30.1. The van der Waals surface area contributed by atoms with Crippen molar-refractivity contribution in [2.75, 3.05) is 0 Å². The van der Waals surface area contributed by atoms with Gasteiger partial charge >= 0.3 is 6.09 Å². The number of benzene rings is 2. The van der Waals surface area contributed by atoms with Gasteiger partial charge in [-0.2, -0.15) is 0 Å². The molecule has 11 heteroatoms. The van der Waals surface area contributed by atoms with Gasteiger partial charge in [-0.3, -0.25) is 9.36 Å². The summed E-state index contributed by atoms with van der Waals surface area (Å²) in [6.45, 7) is 12.8. The number of amides is 2. The van der Waals surface area contributed by atoms with Crippen molar-refractivity contribution in [2.24, 2.45) is 0 Å². The molecule has 1 heterocycles. The number of carbonyl (C=O) groups excluding carboxylic acids is 1. The maximum Gasteiger partial charge on any atom is 0.404 e. The predicted octanol–water partition coefficient (Wildman–Crippen LogP) is 7.85. The molecule has 1 fully saturated rings. The fourth-order valence-electron chi connectivity index (χ4n) is 4.87. The highest BCUT2D eigenvalue weighted by Crippen LogP contribution is 2.38. The summed E-state index contributed by atoms with van der Waals surface area (Å²) in [5.41, 5.74) is 2.29. The van der Waals surface area contributed by atoms with Gasteiger partial charge < -0.3 is 20.2 Å². The molecule has 220 valence electrons. The van der Waals surface area contributed by atoms with E-state index in [-0.39, 0.29) is 28.7 Å². The Morgan fingerprint density at radius 2 is 1.63 bits per heavy atom. The summed E-state index contributed by atoms with van der Waals surface area (Å²) in [4.78, 5) is 29.7. The Morgan fingerprint density at radius 1 is 1.02 bits per heavy atom. The van der Waals surface area contributed by atoms with Crippen molar-refractivity contribution in [1.29, 1.82) is 0 Å². The molecule has 3 aromatic rings. The van der Waals surface area contributed by atoms with Crippen molar-refractivity contribution in [2.45, 2.75) is 83.6 Å². The lowest BCUT2D eigenvalue weighted by atomic mass is 9.90. The molecule has 1 aliphatic rings. The monoisotopic (exact) mass is 616 g/mol. The van der Waals surface area contributed by atoms with E-state index >= 15 is 0 Å². The maximum atomic E-state index is 13.6. The minimum Gasteiger partial charge on any atom is -0.544 e. The summed E-state index contributed by atoms with van der Waals surface area (Å²) in [7, 11) is -2.02. The standard InChI is InChI=1S/C30H38Cl2N4O4Si/c1-18-26(28(37)33-24-9-7-8-10-25(24)34-29(38)39)35-27(22-16-11-19(31)17-23(22)32)36(18)20-12-14-21(15-13-20)40-41(5,6)30(2,3)4/h11-17,24-25,34H,7-10H2,1-6H3,(H,33,37)(H,38,39)/t24-,25+/m0/s1. The Hall–Kier alpha value is -3.01. The number of carboxylic acid groups (broad SMARTS) is 1. The highest BCUT2D eigenvalue weighted by molar-refractivity contribution is 6.74. The molecule has 0 spiro atoms. The van der Waals surface area contributed by atoms with Crippen molar-refractivity contribution in [1.82, 2.24) is 20.2 Å². The maximum absolute atomic E-state index is 13.6. The number of nitrogens with zero attached hydrogens (tertiary/aromatic N) is 2. The summed E-state index contributed by atoms with van der Waals surface area (Å²) in [5, 5.41) is 15.8. The molecule has 0 unspecified atom stereocenters. The molecule has 2 aromatic carbocycles. The summed E-state index contributed by atoms with van der Waals surface area (Å²) in [6, 6.07) is 12.2. The Kier molecular flexibility index (Phi) is 9.11. The second kappa shape index (κ2) is 12.1. The van der Waals surface area contributed by atoms with Crippen LogP contribution in [0.5, 0.6) is 5.75 Å². The van der Waals surface area contributed by atoms with Gasteiger partial charge in [0.2, 0.25) is 8.32 Å². The molecule has 2 atom stereocenters. The number of nitrogens with one attached hydrogen (secondary N) is 2. The normalized spacial score (nSPS) is 17.7. The van der Waals surface area contributed by atoms with E-state index in [1.54, 1.807) is 18.2 Å². The molecule has 0 radical (unpaired) electrons. The van der Waals surface area contributed by atoms with Crippen LogP contribution in [0.2, 0.25) is 28.2 Å². The van der Waals surface area contributed by atoms with Crippen molar-refractivity contribution < 1.29 is 19.1 Å². The van der Waals surface area contributed by atoms with Gasteiger partial charge in [-0.15, -0.1) is 0 Å². The largest absolute Gasteiger partial charge is 0.544 e. The number of aromatic nitrogens is 2. The van der Waals surface area contributed by atoms with Gasteiger partial charge in [-0.1, -0.05) is 56.8 Å². The summed E-state index contributed by atoms with van der Waals surface area (Å²) < 4.78 is 8.36. The lowest BCUT2D eigenvalue weighted by molar-refractivity contribution is 0.0907. The van der Waals surface area contributed by atoms with Gasteiger partial charge in [0, 0.05) is 22.3 Å². The van der Waals surface area contributed by atoms with Gasteiger partial charge in [0.25, 0.3) is 5.91 Å². The molecule has 4 rings (SSSR count). The van der Waals surface area contributed by atoms with E-state index in [0.29, 0.717) is 40.0 Å². The first kappa shape index (κ1) is 30.9. The first-order chi connectivity index (χ1) is 19.2. The van der Waals surface area contributed by atoms with Crippen LogP contribution in [-0.2, 0) is 0 Å². The zero-order valence-corrected chi connectivity index (χ0v) is 26.9. The minimum atomic E-state index is -2.02. The SMILES string of the molecule is Cc1c(C(=O)N[C@H]2CCCC[C@H]2NC(=O)O)nc(-c2ccc(Cl)cc2Cl)n1-c1ccc(O[Si](C)(C)C(C)(C)C)cc1. The summed E-state index contributed by atoms with van der Waals surface area (Å²) >= 11 is 12.8. The van der Waals surface area contributed by atoms with E-state index in [9.17, 15) is 14.7 Å². The second-order valence-electron chi connectivity index (χ2n) is 12.1. The Labute approximate surface area is 252 Å². The molecule has 8 nitrogen and oxygen atoms in total. The zero-order valence-electron chi connectivity index (χ0n) is 24.3. The molecule has 1 aromatic heterocycles. The van der Waals surface area contributed by atoms with Gasteiger partial charge in [0.05, 0.1) is 16.8 Å². The van der Waals surface area contributed by atoms with E-state index < -0.39 is 14.4 Å². The number of rotatable bonds is 7. The molecular weight excluding hydrogens is 579 g/mol. The quantitative estimate of drug-likeness (QED) is 0.234. The van der Waals surface area contributed by atoms with Crippen molar-refractivity contribution in [3.8, 4) is 22.8 Å². The molecular formula is C30H38Cl2N4O4Si. The van der Waals surface area contributed by atoms with E-state index in [1.807, 2.05) is 35.8 Å². The molecule has 0 saturated heterocycles. The van der Waals surface area contributed by atoms with Gasteiger partial charge in [-0.25, -0.2) is 9.78 Å². The van der Waals surface area contributed by atoms with Crippen molar-refractivity contribution in [3.05, 3.63) is 63.9 Å². The van der Waals surface area contributed by atoms with Crippen LogP contribution in [-0.4, -0.2) is 47.1 Å². The third kappa shape index (κ3) is 6.90. The van der Waals surface area contributed by atoms with Crippen LogP contribution >= 0.6 is 23.2 Å². The summed E-state index contributed by atoms with van der Waals surface area (Å²) in [6.07, 6.45) is 2.06. The molecule has 0 aliphatic heterocycles. The van der Waals surface area contributed by atoms with Crippen LogP contribution < -0.4 is 15.1 Å². The molecule has 0 bridgehead atoms. The van der Waals surface area contributed by atoms with Crippen molar-refractivity contribution >= 4 is 43.5 Å². The second-order valence-corrected chi connectivity index (χ2v) is 17.7. The Balaban J connectivity index is 1.73. The number of carbonyl (C=O) groups is 2. The average Bonchev–Trinajstić information content (AvgIpc) is 3.21. The molecule has 2 amide bonds. The van der Waals surface area contributed by atoms with Gasteiger partial charge in [-0.05, 0) is 80.4 Å². The first-order valence-corrected chi connectivity index (χ1v) is 17.5. The predicted molar refractivity (Wildman–Crippen MR) is 166 cm³/mol. The number of hydrogen-bond acceptors (Lipinski definition) is 4. The summed E-state index contributed by atoms with van der Waals surface area (Å²) in [5.74, 6) is 0.919. The van der Waals surface area contributed by atoms with Crippen LogP contribution in [0.4, 0.5) is 4.79 Å². The van der Waals surface area contributed by atoms with Crippen molar-refractivity contribution in [3.63, 3.8) is 0 Å². The Bertz CT molecular complexity index is 1430. The number of imidazole rings is 1. The Morgan fingerprint density at radius 3 is 2.20 bits per heavy atom. The van der Waals surface area contributed by atoms with E-state index in [1.165, 1.54) is 0 Å². The molecule has 1 aliphatic carbocycles. The highest BCUT2D eigenvalue weighted by Gasteiger charge is 2.39. The first-order valence-electron chi connectivity index (χ1n) is 13.8. The lowest BCUT2D eigenvalue weighted by Crippen LogP contribution is -2.53. The van der Waals surface area contributed by atoms with Gasteiger partial charge in [0.15, 0.2) is 0 Å². The topological polar surface area (TPSA) is 105 Å².